The smallest absolute Gasteiger partial charge is 0.319 e. The Balaban J connectivity index is 1.13. The number of anilines is 1. The third-order valence-corrected chi connectivity index (χ3v) is 12.3. The van der Waals surface area contributed by atoms with Crippen molar-refractivity contribution in [2.75, 3.05) is 38.3 Å². The van der Waals surface area contributed by atoms with Crippen molar-refractivity contribution in [2.45, 2.75) is 120 Å². The number of aromatic nitrogens is 2. The summed E-state index contributed by atoms with van der Waals surface area (Å²) in [5.74, 6) is -0.806. The van der Waals surface area contributed by atoms with Gasteiger partial charge in [-0.1, -0.05) is 6.42 Å². The highest BCUT2D eigenvalue weighted by Crippen LogP contribution is 2.56. The number of aromatic hydroxyl groups is 1. The number of phenolic OH excluding ortho intramolecular Hbond substituents is 1. The minimum Gasteiger partial charge on any atom is -0.508 e. The summed E-state index contributed by atoms with van der Waals surface area (Å²) < 4.78 is 45.1. The molecule has 3 aromatic rings. The van der Waals surface area contributed by atoms with Crippen LogP contribution in [0.25, 0.3) is 22.0 Å². The molecule has 0 radical (unpaired) electrons. The number of nitrogens with one attached hydrogen (secondary N) is 1. The van der Waals surface area contributed by atoms with Gasteiger partial charge in [0.15, 0.2) is 5.82 Å². The van der Waals surface area contributed by atoms with Gasteiger partial charge in [0.2, 0.25) is 0 Å². The fourth-order valence-electron chi connectivity index (χ4n) is 9.66. The minimum absolute atomic E-state index is 0.0361. The van der Waals surface area contributed by atoms with Crippen molar-refractivity contribution in [1.82, 2.24) is 20.2 Å². The van der Waals surface area contributed by atoms with Crippen molar-refractivity contribution in [2.24, 2.45) is 0 Å². The summed E-state index contributed by atoms with van der Waals surface area (Å²) in [6.45, 7) is 7.11. The summed E-state index contributed by atoms with van der Waals surface area (Å²) in [6.07, 6.45) is 11.4. The fourth-order valence-corrected chi connectivity index (χ4v) is 9.66. The van der Waals surface area contributed by atoms with Crippen LogP contribution in [0.2, 0.25) is 0 Å². The highest BCUT2D eigenvalue weighted by Gasteiger charge is 2.46. The first-order chi connectivity index (χ1) is 23.2. The molecule has 1 aromatic heterocycles. The van der Waals surface area contributed by atoms with Crippen molar-refractivity contribution in [3.8, 4) is 22.9 Å². The van der Waals surface area contributed by atoms with Crippen LogP contribution in [0.3, 0.4) is 0 Å². The van der Waals surface area contributed by atoms with E-state index in [1.807, 2.05) is 0 Å². The molecular formula is C38H49F2N5O3. The molecule has 2 bridgehead atoms. The molecule has 2 aliphatic carbocycles. The van der Waals surface area contributed by atoms with Crippen LogP contribution in [0.15, 0.2) is 18.2 Å². The third kappa shape index (κ3) is 5.61. The molecule has 48 heavy (non-hydrogen) atoms. The molecule has 8 nitrogen and oxygen atoms in total. The average Bonchev–Trinajstić information content (AvgIpc) is 3.72. The molecule has 2 N–H and O–H groups in total. The predicted octanol–water partition coefficient (Wildman–Crippen LogP) is 6.64. The van der Waals surface area contributed by atoms with Gasteiger partial charge in [-0.05, 0) is 118 Å². The molecule has 3 saturated heterocycles. The second-order valence-electron chi connectivity index (χ2n) is 15.3. The number of rotatable bonds is 10. The van der Waals surface area contributed by atoms with Crippen molar-refractivity contribution in [3.63, 3.8) is 0 Å². The zero-order valence-electron chi connectivity index (χ0n) is 28.5. The van der Waals surface area contributed by atoms with E-state index in [0.717, 1.165) is 75.5 Å². The van der Waals surface area contributed by atoms with E-state index in [1.54, 1.807) is 19.2 Å². The molecule has 258 valence electrons. The SMILES string of the molecule is COC(C)CC1CCC(C)N1CCCOc1nc(N2CC3CCC(C2)N3)c2cc(F)c(-c3cc(O)cc4c3C3(CCC3)CC4)c(F)c2n1. The van der Waals surface area contributed by atoms with Crippen LogP contribution in [-0.4, -0.2) is 83.6 Å². The summed E-state index contributed by atoms with van der Waals surface area (Å²) in [4.78, 5) is 14.2. The van der Waals surface area contributed by atoms with Crippen molar-refractivity contribution >= 4 is 16.7 Å². The number of nitrogens with zero attached hydrogens (tertiary/aromatic N) is 4. The number of fused-ring (bicyclic) bond motifs is 5. The molecule has 5 atom stereocenters. The molecule has 3 aliphatic heterocycles. The number of likely N-dealkylation sites (tertiary alicyclic amines) is 1. The molecule has 10 heteroatoms. The first kappa shape index (κ1) is 32.1. The van der Waals surface area contributed by atoms with Crippen LogP contribution in [0.4, 0.5) is 14.6 Å². The number of ether oxygens (including phenoxy) is 2. The van der Waals surface area contributed by atoms with Crippen molar-refractivity contribution < 1.29 is 23.4 Å². The van der Waals surface area contributed by atoms with Gasteiger partial charge in [0.1, 0.15) is 22.9 Å². The maximum atomic E-state index is 17.0. The molecule has 5 aliphatic rings. The van der Waals surface area contributed by atoms with E-state index in [0.29, 0.717) is 60.6 Å². The standard InChI is InChI=1S/C38H49F2N5O3/c1-22-6-9-27(16-23(2)47-3)45(22)14-5-15-48-37-42-35-30(36(43-37)44-20-25-7-8-26(21-44)41-25)19-31(39)32(34(35)40)29-18-28(46)17-24-10-13-38(33(24)29)11-4-12-38/h17-19,22-23,25-27,41,46H,4-16,20-21H2,1-3H3. The van der Waals surface area contributed by atoms with Gasteiger partial charge in [-0.25, -0.2) is 8.78 Å². The largest absolute Gasteiger partial charge is 0.508 e. The second-order valence-corrected chi connectivity index (χ2v) is 15.3. The van der Waals surface area contributed by atoms with Crippen LogP contribution in [0.1, 0.15) is 89.2 Å². The predicted molar refractivity (Wildman–Crippen MR) is 183 cm³/mol. The molecular weight excluding hydrogens is 612 g/mol. The van der Waals surface area contributed by atoms with Crippen molar-refractivity contribution in [1.29, 1.82) is 0 Å². The number of hydrogen-bond donors (Lipinski definition) is 2. The van der Waals surface area contributed by atoms with Gasteiger partial charge < -0.3 is 24.8 Å². The highest BCUT2D eigenvalue weighted by atomic mass is 19.1. The second kappa shape index (κ2) is 12.7. The van der Waals surface area contributed by atoms with Gasteiger partial charge >= 0.3 is 6.01 Å². The summed E-state index contributed by atoms with van der Waals surface area (Å²) in [7, 11) is 1.77. The first-order valence-corrected chi connectivity index (χ1v) is 18.2. The summed E-state index contributed by atoms with van der Waals surface area (Å²) in [6, 6.07) is 6.48. The Morgan fingerprint density at radius 2 is 1.85 bits per heavy atom. The Morgan fingerprint density at radius 3 is 2.58 bits per heavy atom. The maximum absolute atomic E-state index is 17.0. The summed E-state index contributed by atoms with van der Waals surface area (Å²) in [5, 5.41) is 14.7. The molecule has 1 spiro atoms. The number of methoxy groups -OCH3 is 1. The lowest BCUT2D eigenvalue weighted by atomic mass is 9.63. The number of hydrogen-bond acceptors (Lipinski definition) is 8. The Hall–Kier alpha value is -3.08. The molecule has 8 rings (SSSR count). The summed E-state index contributed by atoms with van der Waals surface area (Å²) >= 11 is 0. The monoisotopic (exact) mass is 661 g/mol. The highest BCUT2D eigenvalue weighted by molar-refractivity contribution is 5.94. The number of piperazine rings is 1. The van der Waals surface area contributed by atoms with Gasteiger partial charge in [0.05, 0.1) is 18.3 Å². The van der Waals surface area contributed by atoms with E-state index in [-0.39, 0.29) is 34.4 Å². The van der Waals surface area contributed by atoms with Crippen LogP contribution in [0.5, 0.6) is 11.8 Å². The van der Waals surface area contributed by atoms with E-state index in [4.69, 9.17) is 14.5 Å². The Bertz CT molecular complexity index is 1690. The molecule has 4 heterocycles. The van der Waals surface area contributed by atoms with Crippen molar-refractivity contribution in [3.05, 3.63) is 41.0 Å². The molecule has 2 aromatic carbocycles. The Morgan fingerprint density at radius 1 is 1.06 bits per heavy atom. The van der Waals surface area contributed by atoms with Crippen LogP contribution < -0.4 is 15.0 Å². The molecule has 5 unspecified atom stereocenters. The molecule has 4 fully saturated rings. The normalized spacial score (nSPS) is 26.7. The minimum atomic E-state index is -0.716. The molecule has 1 saturated carbocycles. The number of halogens is 2. The van der Waals surface area contributed by atoms with Gasteiger partial charge in [-0.3, -0.25) is 4.90 Å². The maximum Gasteiger partial charge on any atom is 0.319 e. The van der Waals surface area contributed by atoms with Crippen LogP contribution in [0, 0.1) is 11.6 Å². The zero-order chi connectivity index (χ0) is 33.2. The van der Waals surface area contributed by atoms with Gasteiger partial charge in [-0.15, -0.1) is 0 Å². The van der Waals surface area contributed by atoms with E-state index < -0.39 is 11.6 Å². The lowest BCUT2D eigenvalue weighted by Gasteiger charge is -2.40. The quantitative estimate of drug-likeness (QED) is 0.234. The Kier molecular flexibility index (Phi) is 8.48. The number of benzene rings is 2. The fraction of sp³-hybridized carbons (Fsp3) is 0.632. The van der Waals surface area contributed by atoms with Crippen LogP contribution in [-0.2, 0) is 16.6 Å². The van der Waals surface area contributed by atoms with E-state index in [9.17, 15) is 5.11 Å². The van der Waals surface area contributed by atoms with E-state index in [1.165, 1.54) is 18.9 Å². The topological polar surface area (TPSA) is 83.0 Å². The third-order valence-electron chi connectivity index (χ3n) is 12.3. The Labute approximate surface area is 282 Å². The zero-order valence-corrected chi connectivity index (χ0v) is 28.5. The lowest BCUT2D eigenvalue weighted by Crippen LogP contribution is -2.51. The number of aryl methyl sites for hydroxylation is 1. The summed E-state index contributed by atoms with van der Waals surface area (Å²) in [5.41, 5.74) is 2.35. The lowest BCUT2D eigenvalue weighted by molar-refractivity contribution is 0.0750. The average molecular weight is 662 g/mol. The van der Waals surface area contributed by atoms with E-state index in [2.05, 4.69) is 33.9 Å². The van der Waals surface area contributed by atoms with E-state index >= 15 is 8.78 Å². The van der Waals surface area contributed by atoms with Gasteiger partial charge in [0, 0.05) is 56.3 Å². The van der Waals surface area contributed by atoms with Crippen LogP contribution >= 0.6 is 0 Å². The first-order valence-electron chi connectivity index (χ1n) is 18.2. The van der Waals surface area contributed by atoms with Gasteiger partial charge in [0.25, 0.3) is 0 Å². The number of phenols is 1. The van der Waals surface area contributed by atoms with Gasteiger partial charge in [-0.2, -0.15) is 9.97 Å². The molecule has 0 amide bonds.